The van der Waals surface area contributed by atoms with Crippen LogP contribution >= 0.6 is 12.6 Å². The van der Waals surface area contributed by atoms with Gasteiger partial charge >= 0.3 is 5.97 Å². The molecule has 7 heteroatoms. The number of ether oxygens (including phenoxy) is 1. The highest BCUT2D eigenvalue weighted by molar-refractivity contribution is 7.80. The topological polar surface area (TPSA) is 102 Å². The molecule has 0 unspecified atom stereocenters. The molecule has 0 aromatic carbocycles. The summed E-state index contributed by atoms with van der Waals surface area (Å²) in [4.78, 5) is 22.4. The fourth-order valence-electron chi connectivity index (χ4n) is 0.784. The fraction of sp³-hybridized carbons (Fsp3) is 0.750. The normalized spacial score (nSPS) is 14.1. The van der Waals surface area contributed by atoms with Crippen molar-refractivity contribution in [1.29, 1.82) is 0 Å². The highest BCUT2D eigenvalue weighted by Crippen LogP contribution is 1.91. The van der Waals surface area contributed by atoms with Crippen molar-refractivity contribution in [1.82, 2.24) is 5.32 Å². The van der Waals surface area contributed by atoms with Crippen molar-refractivity contribution >= 4 is 24.5 Å². The molecule has 0 saturated heterocycles. The van der Waals surface area contributed by atoms with E-state index in [1.165, 1.54) is 0 Å². The largest absolute Gasteiger partial charge is 0.464 e. The number of hydrogen-bond donors (Lipinski definition) is 4. The lowest BCUT2D eigenvalue weighted by molar-refractivity contribution is -0.148. The number of rotatable bonds is 6. The molecule has 4 N–H and O–H groups in total. The molecule has 0 aliphatic heterocycles. The Balaban J connectivity index is 4.20. The van der Waals surface area contributed by atoms with E-state index in [0.717, 1.165) is 0 Å². The second-order valence-electron chi connectivity index (χ2n) is 2.78. The van der Waals surface area contributed by atoms with E-state index in [1.54, 1.807) is 6.92 Å². The van der Waals surface area contributed by atoms with Crippen LogP contribution in [0.1, 0.15) is 6.92 Å². The van der Waals surface area contributed by atoms with Crippen LogP contribution in [0.4, 0.5) is 0 Å². The zero-order chi connectivity index (χ0) is 11.8. The molecule has 0 rings (SSSR count). The zero-order valence-electron chi connectivity index (χ0n) is 8.47. The van der Waals surface area contributed by atoms with Crippen LogP contribution in [-0.4, -0.2) is 48.0 Å². The highest BCUT2D eigenvalue weighted by atomic mass is 32.1. The lowest BCUT2D eigenvalue weighted by Gasteiger charge is -2.16. The Morgan fingerprint density at radius 1 is 1.60 bits per heavy atom. The molecule has 15 heavy (non-hydrogen) atoms. The van der Waals surface area contributed by atoms with Gasteiger partial charge in [0.25, 0.3) is 0 Å². The van der Waals surface area contributed by atoms with Crippen molar-refractivity contribution in [3.63, 3.8) is 0 Å². The van der Waals surface area contributed by atoms with Crippen molar-refractivity contribution in [3.8, 4) is 0 Å². The Kier molecular flexibility index (Phi) is 7.10. The van der Waals surface area contributed by atoms with E-state index < -0.39 is 30.6 Å². The summed E-state index contributed by atoms with van der Waals surface area (Å²) in [6.07, 6.45) is 0. The van der Waals surface area contributed by atoms with Gasteiger partial charge in [-0.2, -0.15) is 12.6 Å². The third-order valence-electron chi connectivity index (χ3n) is 1.60. The van der Waals surface area contributed by atoms with Gasteiger partial charge in [0.05, 0.1) is 19.3 Å². The molecule has 6 nitrogen and oxygen atoms in total. The molecule has 0 fully saturated rings. The van der Waals surface area contributed by atoms with Crippen molar-refractivity contribution in [2.45, 2.75) is 19.0 Å². The number of aliphatic hydroxyl groups excluding tert-OH is 1. The molecule has 0 spiro atoms. The average molecular weight is 236 g/mol. The standard InChI is InChI=1S/C8H16N2O4S/c1-2-14-8(13)6(3-11)10-7(12)5(9)4-15/h5-6,11,15H,2-4,9H2,1H3,(H,10,12)/t5-,6-/m0/s1. The van der Waals surface area contributed by atoms with Gasteiger partial charge < -0.3 is 20.9 Å². The van der Waals surface area contributed by atoms with Gasteiger partial charge in [0.1, 0.15) is 0 Å². The molecule has 1 amide bonds. The van der Waals surface area contributed by atoms with E-state index >= 15 is 0 Å². The molecule has 0 bridgehead atoms. The highest BCUT2D eigenvalue weighted by Gasteiger charge is 2.23. The van der Waals surface area contributed by atoms with Gasteiger partial charge in [0.15, 0.2) is 6.04 Å². The SMILES string of the molecule is CCOC(=O)[C@H](CO)NC(=O)[C@@H](N)CS. The Labute approximate surface area is 93.6 Å². The summed E-state index contributed by atoms with van der Waals surface area (Å²) in [5.41, 5.74) is 5.37. The van der Waals surface area contributed by atoms with Gasteiger partial charge in [0.2, 0.25) is 5.91 Å². The number of amides is 1. The molecule has 0 aromatic rings. The van der Waals surface area contributed by atoms with Gasteiger partial charge in [0, 0.05) is 5.75 Å². The summed E-state index contributed by atoms with van der Waals surface area (Å²) < 4.78 is 4.64. The summed E-state index contributed by atoms with van der Waals surface area (Å²) in [7, 11) is 0. The molecule has 2 atom stereocenters. The number of esters is 1. The van der Waals surface area contributed by atoms with Crippen LogP contribution < -0.4 is 11.1 Å². The maximum atomic E-state index is 11.2. The fourth-order valence-corrected chi connectivity index (χ4v) is 0.949. The van der Waals surface area contributed by atoms with Crippen LogP contribution in [0.2, 0.25) is 0 Å². The second kappa shape index (κ2) is 7.49. The maximum absolute atomic E-state index is 11.2. The Morgan fingerprint density at radius 3 is 2.60 bits per heavy atom. The summed E-state index contributed by atoms with van der Waals surface area (Å²) in [5, 5.41) is 11.1. The van der Waals surface area contributed by atoms with E-state index in [9.17, 15) is 9.59 Å². The number of hydrogen-bond acceptors (Lipinski definition) is 6. The molecular weight excluding hydrogens is 220 g/mol. The van der Waals surface area contributed by atoms with E-state index in [2.05, 4.69) is 22.7 Å². The predicted octanol–water partition coefficient (Wildman–Crippen LogP) is -1.72. The first kappa shape index (κ1) is 14.2. The van der Waals surface area contributed by atoms with Gasteiger partial charge in [-0.3, -0.25) is 4.79 Å². The minimum atomic E-state index is -1.07. The van der Waals surface area contributed by atoms with Crippen molar-refractivity contribution in [2.75, 3.05) is 19.0 Å². The molecule has 88 valence electrons. The van der Waals surface area contributed by atoms with Crippen molar-refractivity contribution in [3.05, 3.63) is 0 Å². The first-order chi connectivity index (χ1) is 7.06. The molecule has 0 aromatic heterocycles. The number of carbonyl (C=O) groups is 2. The quantitative estimate of drug-likeness (QED) is 0.325. The number of nitrogens with one attached hydrogen (secondary N) is 1. The van der Waals surface area contributed by atoms with Crippen LogP contribution in [0.25, 0.3) is 0 Å². The lowest BCUT2D eigenvalue weighted by Crippen LogP contribution is -2.51. The molecule has 0 saturated carbocycles. The van der Waals surface area contributed by atoms with Gasteiger partial charge in [-0.25, -0.2) is 4.79 Å². The molecule has 0 heterocycles. The van der Waals surface area contributed by atoms with E-state index in [-0.39, 0.29) is 12.4 Å². The Bertz CT molecular complexity index is 225. The summed E-state index contributed by atoms with van der Waals surface area (Å²) in [5.74, 6) is -1.07. The number of carbonyl (C=O) groups excluding carboxylic acids is 2. The number of thiol groups is 1. The first-order valence-electron chi connectivity index (χ1n) is 4.51. The van der Waals surface area contributed by atoms with Crippen LogP contribution in [0.3, 0.4) is 0 Å². The van der Waals surface area contributed by atoms with E-state index in [1.807, 2.05) is 0 Å². The second-order valence-corrected chi connectivity index (χ2v) is 3.15. The van der Waals surface area contributed by atoms with Crippen LogP contribution in [0.5, 0.6) is 0 Å². The third kappa shape index (κ3) is 5.01. The Morgan fingerprint density at radius 2 is 2.20 bits per heavy atom. The molecule has 0 radical (unpaired) electrons. The Hall–Kier alpha value is -0.790. The average Bonchev–Trinajstić information content (AvgIpc) is 2.24. The number of aliphatic hydroxyl groups is 1. The van der Waals surface area contributed by atoms with Crippen molar-refractivity contribution < 1.29 is 19.4 Å². The van der Waals surface area contributed by atoms with E-state index in [4.69, 9.17) is 10.8 Å². The van der Waals surface area contributed by atoms with Crippen LogP contribution in [0, 0.1) is 0 Å². The monoisotopic (exact) mass is 236 g/mol. The van der Waals surface area contributed by atoms with Gasteiger partial charge in [-0.15, -0.1) is 0 Å². The third-order valence-corrected chi connectivity index (χ3v) is 2.00. The predicted molar refractivity (Wildman–Crippen MR) is 57.5 cm³/mol. The van der Waals surface area contributed by atoms with Crippen LogP contribution in [-0.2, 0) is 14.3 Å². The minimum Gasteiger partial charge on any atom is -0.464 e. The number of nitrogens with two attached hydrogens (primary N) is 1. The molecule has 0 aliphatic carbocycles. The minimum absolute atomic E-state index is 0.160. The molecule has 0 aliphatic rings. The zero-order valence-corrected chi connectivity index (χ0v) is 9.37. The summed E-state index contributed by atoms with van der Waals surface area (Å²) in [6, 6.07) is -1.87. The molecular formula is C8H16N2O4S. The first-order valence-corrected chi connectivity index (χ1v) is 5.14. The van der Waals surface area contributed by atoms with Gasteiger partial charge in [-0.1, -0.05) is 0 Å². The summed E-state index contributed by atoms with van der Waals surface area (Å²) in [6.45, 7) is 1.29. The van der Waals surface area contributed by atoms with Gasteiger partial charge in [-0.05, 0) is 6.92 Å². The van der Waals surface area contributed by atoms with E-state index in [0.29, 0.717) is 0 Å². The maximum Gasteiger partial charge on any atom is 0.331 e. The van der Waals surface area contributed by atoms with Crippen molar-refractivity contribution in [2.24, 2.45) is 5.73 Å². The van der Waals surface area contributed by atoms with Crippen LogP contribution in [0.15, 0.2) is 0 Å². The smallest absolute Gasteiger partial charge is 0.331 e. The summed E-state index contributed by atoms with van der Waals surface area (Å²) >= 11 is 3.84. The lowest BCUT2D eigenvalue weighted by atomic mass is 10.2.